The standard InChI is InChI=1S/C19H17N3O2/c1-12-7-8-15-16(9-12)22-19(21-15)14(11-20)10-13-5-4-6-17(23-2)18(13)24-3/h4-10H,1-3H3,(H,21,22). The molecule has 5 heteroatoms. The van der Waals surface area contributed by atoms with Gasteiger partial charge in [-0.3, -0.25) is 0 Å². The number of rotatable bonds is 4. The van der Waals surface area contributed by atoms with Gasteiger partial charge in [0.1, 0.15) is 11.9 Å². The number of aryl methyl sites for hydroxylation is 1. The molecule has 0 spiro atoms. The zero-order valence-electron chi connectivity index (χ0n) is 13.8. The Bertz CT molecular complexity index is 964. The number of para-hydroxylation sites is 1. The summed E-state index contributed by atoms with van der Waals surface area (Å²) < 4.78 is 10.7. The maximum absolute atomic E-state index is 9.56. The summed E-state index contributed by atoms with van der Waals surface area (Å²) in [7, 11) is 3.16. The highest BCUT2D eigenvalue weighted by atomic mass is 16.5. The maximum Gasteiger partial charge on any atom is 0.167 e. The smallest absolute Gasteiger partial charge is 0.167 e. The molecule has 0 atom stereocenters. The summed E-state index contributed by atoms with van der Waals surface area (Å²) in [5.41, 5.74) is 4.05. The molecule has 3 aromatic rings. The van der Waals surface area contributed by atoms with Crippen molar-refractivity contribution in [2.75, 3.05) is 14.2 Å². The quantitative estimate of drug-likeness (QED) is 0.739. The molecule has 0 radical (unpaired) electrons. The Labute approximate surface area is 140 Å². The second-order valence-electron chi connectivity index (χ2n) is 5.36. The number of fused-ring (bicyclic) bond motifs is 1. The van der Waals surface area contributed by atoms with Gasteiger partial charge in [0.25, 0.3) is 0 Å². The molecule has 1 N–H and O–H groups in total. The zero-order chi connectivity index (χ0) is 17.1. The Morgan fingerprint density at radius 2 is 2.04 bits per heavy atom. The van der Waals surface area contributed by atoms with Crippen molar-refractivity contribution in [3.05, 3.63) is 53.3 Å². The molecule has 0 amide bonds. The summed E-state index contributed by atoms with van der Waals surface area (Å²) in [5.74, 6) is 1.73. The van der Waals surface area contributed by atoms with Gasteiger partial charge in [-0.05, 0) is 36.8 Å². The first-order chi connectivity index (χ1) is 11.7. The maximum atomic E-state index is 9.56. The van der Waals surface area contributed by atoms with Crippen LogP contribution in [0.3, 0.4) is 0 Å². The van der Waals surface area contributed by atoms with Crippen LogP contribution in [0.4, 0.5) is 0 Å². The van der Waals surface area contributed by atoms with Crippen LogP contribution in [-0.2, 0) is 0 Å². The van der Waals surface area contributed by atoms with E-state index in [4.69, 9.17) is 9.47 Å². The summed E-state index contributed by atoms with van der Waals surface area (Å²) in [4.78, 5) is 7.70. The van der Waals surface area contributed by atoms with E-state index >= 15 is 0 Å². The van der Waals surface area contributed by atoms with Crippen molar-refractivity contribution in [2.45, 2.75) is 6.92 Å². The molecule has 24 heavy (non-hydrogen) atoms. The van der Waals surface area contributed by atoms with Crippen LogP contribution in [0.1, 0.15) is 17.0 Å². The lowest BCUT2D eigenvalue weighted by atomic mass is 10.1. The Morgan fingerprint density at radius 1 is 1.21 bits per heavy atom. The molecule has 0 aliphatic rings. The number of ether oxygens (including phenoxy) is 2. The molecule has 120 valence electrons. The van der Waals surface area contributed by atoms with Gasteiger partial charge in [0.05, 0.1) is 30.8 Å². The summed E-state index contributed by atoms with van der Waals surface area (Å²) in [6, 6.07) is 13.7. The van der Waals surface area contributed by atoms with Gasteiger partial charge in [0.15, 0.2) is 11.5 Å². The van der Waals surface area contributed by atoms with Crippen LogP contribution in [0.15, 0.2) is 36.4 Å². The monoisotopic (exact) mass is 319 g/mol. The van der Waals surface area contributed by atoms with Crippen molar-refractivity contribution in [1.82, 2.24) is 9.97 Å². The van der Waals surface area contributed by atoms with Crippen LogP contribution < -0.4 is 9.47 Å². The van der Waals surface area contributed by atoms with Crippen molar-refractivity contribution in [1.29, 1.82) is 5.26 Å². The highest BCUT2D eigenvalue weighted by Gasteiger charge is 2.12. The molecular weight excluding hydrogens is 302 g/mol. The minimum Gasteiger partial charge on any atom is -0.493 e. The molecule has 0 saturated carbocycles. The lowest BCUT2D eigenvalue weighted by molar-refractivity contribution is 0.354. The first-order valence-electron chi connectivity index (χ1n) is 7.45. The third kappa shape index (κ3) is 2.82. The highest BCUT2D eigenvalue weighted by molar-refractivity contribution is 5.91. The van der Waals surface area contributed by atoms with E-state index in [-0.39, 0.29) is 0 Å². The number of benzene rings is 2. The van der Waals surface area contributed by atoms with Gasteiger partial charge in [0, 0.05) is 5.56 Å². The van der Waals surface area contributed by atoms with Crippen LogP contribution in [0.2, 0.25) is 0 Å². The van der Waals surface area contributed by atoms with Crippen molar-refractivity contribution in [3.8, 4) is 17.6 Å². The number of nitriles is 1. The topological polar surface area (TPSA) is 70.9 Å². The zero-order valence-corrected chi connectivity index (χ0v) is 13.8. The molecule has 0 fully saturated rings. The predicted octanol–water partition coefficient (Wildman–Crippen LogP) is 3.95. The first kappa shape index (κ1) is 15.6. The van der Waals surface area contributed by atoms with Crippen LogP contribution in [0.5, 0.6) is 11.5 Å². The summed E-state index contributed by atoms with van der Waals surface area (Å²) in [6.07, 6.45) is 1.74. The highest BCUT2D eigenvalue weighted by Crippen LogP contribution is 2.33. The van der Waals surface area contributed by atoms with Gasteiger partial charge >= 0.3 is 0 Å². The lowest BCUT2D eigenvalue weighted by Gasteiger charge is -2.10. The molecular formula is C19H17N3O2. The number of methoxy groups -OCH3 is 2. The van der Waals surface area contributed by atoms with Crippen molar-refractivity contribution in [3.63, 3.8) is 0 Å². The number of aromatic amines is 1. The molecule has 1 heterocycles. The minimum atomic E-state index is 0.426. The second-order valence-corrected chi connectivity index (χ2v) is 5.36. The van der Waals surface area contributed by atoms with Crippen molar-refractivity contribution in [2.24, 2.45) is 0 Å². The summed E-state index contributed by atoms with van der Waals surface area (Å²) in [6.45, 7) is 2.02. The van der Waals surface area contributed by atoms with Crippen LogP contribution >= 0.6 is 0 Å². The molecule has 0 saturated heterocycles. The van der Waals surface area contributed by atoms with E-state index < -0.39 is 0 Å². The number of allylic oxidation sites excluding steroid dienone is 1. The molecule has 0 unspecified atom stereocenters. The van der Waals surface area contributed by atoms with Gasteiger partial charge < -0.3 is 14.5 Å². The fraction of sp³-hybridized carbons (Fsp3) is 0.158. The number of imidazole rings is 1. The third-order valence-corrected chi connectivity index (χ3v) is 3.75. The van der Waals surface area contributed by atoms with Gasteiger partial charge in [-0.25, -0.2) is 4.98 Å². The van der Waals surface area contributed by atoms with Gasteiger partial charge in [-0.2, -0.15) is 5.26 Å². The number of aromatic nitrogens is 2. The molecule has 2 aromatic carbocycles. The number of nitrogens with one attached hydrogen (secondary N) is 1. The normalized spacial score (nSPS) is 11.3. The van der Waals surface area contributed by atoms with E-state index in [1.54, 1.807) is 20.3 Å². The van der Waals surface area contributed by atoms with Crippen molar-refractivity contribution >= 4 is 22.7 Å². The minimum absolute atomic E-state index is 0.426. The van der Waals surface area contributed by atoms with E-state index in [2.05, 4.69) is 16.0 Å². The molecule has 0 aliphatic heterocycles. The number of hydrogen-bond acceptors (Lipinski definition) is 4. The lowest BCUT2D eigenvalue weighted by Crippen LogP contribution is -1.93. The first-order valence-corrected chi connectivity index (χ1v) is 7.45. The van der Waals surface area contributed by atoms with Crippen LogP contribution in [0.25, 0.3) is 22.7 Å². The van der Waals surface area contributed by atoms with Gasteiger partial charge in [-0.1, -0.05) is 18.2 Å². The van der Waals surface area contributed by atoms with E-state index in [1.165, 1.54) is 0 Å². The Hall–Kier alpha value is -3.26. The fourth-order valence-electron chi connectivity index (χ4n) is 2.59. The number of hydrogen-bond donors (Lipinski definition) is 1. The summed E-state index contributed by atoms with van der Waals surface area (Å²) >= 11 is 0. The Balaban J connectivity index is 2.11. The van der Waals surface area contributed by atoms with Crippen LogP contribution in [0, 0.1) is 18.3 Å². The Morgan fingerprint density at radius 3 is 2.75 bits per heavy atom. The third-order valence-electron chi connectivity index (χ3n) is 3.75. The molecule has 1 aromatic heterocycles. The number of H-pyrrole nitrogens is 1. The molecule has 3 rings (SSSR count). The Kier molecular flexibility index (Phi) is 4.21. The molecule has 0 bridgehead atoms. The summed E-state index contributed by atoms with van der Waals surface area (Å²) in [5, 5.41) is 9.56. The average molecular weight is 319 g/mol. The average Bonchev–Trinajstić information content (AvgIpc) is 3.01. The van der Waals surface area contributed by atoms with E-state index in [0.29, 0.717) is 22.9 Å². The van der Waals surface area contributed by atoms with E-state index in [9.17, 15) is 5.26 Å². The SMILES string of the molecule is COc1cccc(C=C(C#N)c2nc3ccc(C)cc3[nH]2)c1OC. The van der Waals surface area contributed by atoms with Gasteiger partial charge in [-0.15, -0.1) is 0 Å². The largest absolute Gasteiger partial charge is 0.493 e. The molecule has 5 nitrogen and oxygen atoms in total. The fourth-order valence-corrected chi connectivity index (χ4v) is 2.59. The van der Waals surface area contributed by atoms with E-state index in [0.717, 1.165) is 22.2 Å². The second kappa shape index (κ2) is 6.47. The van der Waals surface area contributed by atoms with Crippen molar-refractivity contribution < 1.29 is 9.47 Å². The van der Waals surface area contributed by atoms with Crippen LogP contribution in [-0.4, -0.2) is 24.2 Å². The van der Waals surface area contributed by atoms with E-state index in [1.807, 2.05) is 43.3 Å². The predicted molar refractivity (Wildman–Crippen MR) is 93.9 cm³/mol. The van der Waals surface area contributed by atoms with Gasteiger partial charge in [0.2, 0.25) is 0 Å². The number of nitrogens with zero attached hydrogens (tertiary/aromatic N) is 2. The molecule has 0 aliphatic carbocycles.